The molecule has 0 saturated carbocycles. The SMILES string of the molecule is COc1cccc(N(C)Oc2ccccc2)c1C. The minimum atomic E-state index is 0.808. The van der Waals surface area contributed by atoms with Gasteiger partial charge in [-0.3, -0.25) is 0 Å². The van der Waals surface area contributed by atoms with Crippen molar-refractivity contribution in [3.8, 4) is 11.5 Å². The molecule has 0 aliphatic heterocycles. The van der Waals surface area contributed by atoms with Crippen molar-refractivity contribution in [3.63, 3.8) is 0 Å². The molecule has 0 amide bonds. The van der Waals surface area contributed by atoms with Crippen molar-refractivity contribution in [1.29, 1.82) is 0 Å². The lowest BCUT2D eigenvalue weighted by Crippen LogP contribution is -2.22. The second-order valence-electron chi connectivity index (χ2n) is 4.01. The Morgan fingerprint density at radius 2 is 1.67 bits per heavy atom. The van der Waals surface area contributed by atoms with E-state index in [1.54, 1.807) is 12.2 Å². The average molecular weight is 243 g/mol. The van der Waals surface area contributed by atoms with E-state index in [0.29, 0.717) is 0 Å². The predicted molar refractivity (Wildman–Crippen MR) is 73.2 cm³/mol. The topological polar surface area (TPSA) is 21.7 Å². The van der Waals surface area contributed by atoms with Crippen molar-refractivity contribution in [3.05, 3.63) is 54.1 Å². The number of hydrogen-bond acceptors (Lipinski definition) is 3. The lowest BCUT2D eigenvalue weighted by atomic mass is 10.2. The van der Waals surface area contributed by atoms with Crippen LogP contribution in [0.1, 0.15) is 5.56 Å². The van der Waals surface area contributed by atoms with Gasteiger partial charge in [-0.25, -0.2) is 5.06 Å². The van der Waals surface area contributed by atoms with E-state index in [-0.39, 0.29) is 0 Å². The summed E-state index contributed by atoms with van der Waals surface area (Å²) in [6.45, 7) is 2.01. The third-order valence-corrected chi connectivity index (χ3v) is 2.80. The molecule has 0 fully saturated rings. The summed E-state index contributed by atoms with van der Waals surface area (Å²) in [4.78, 5) is 5.76. The second-order valence-corrected chi connectivity index (χ2v) is 4.01. The summed E-state index contributed by atoms with van der Waals surface area (Å²) in [5.41, 5.74) is 2.04. The molecule has 0 saturated heterocycles. The zero-order valence-electron chi connectivity index (χ0n) is 10.9. The molecule has 0 spiro atoms. The Morgan fingerprint density at radius 3 is 2.33 bits per heavy atom. The Hall–Kier alpha value is -2.16. The summed E-state index contributed by atoms with van der Waals surface area (Å²) in [5.74, 6) is 1.67. The van der Waals surface area contributed by atoms with Gasteiger partial charge in [0.05, 0.1) is 12.8 Å². The van der Waals surface area contributed by atoms with E-state index in [1.165, 1.54) is 0 Å². The quantitative estimate of drug-likeness (QED) is 0.768. The van der Waals surface area contributed by atoms with Crippen LogP contribution in [0.15, 0.2) is 48.5 Å². The molecule has 0 radical (unpaired) electrons. The number of benzene rings is 2. The smallest absolute Gasteiger partial charge is 0.155 e. The van der Waals surface area contributed by atoms with Crippen molar-refractivity contribution >= 4 is 5.69 Å². The summed E-state index contributed by atoms with van der Waals surface area (Å²) in [6, 6.07) is 15.6. The van der Waals surface area contributed by atoms with Crippen LogP contribution in [0, 0.1) is 6.92 Å². The van der Waals surface area contributed by atoms with Crippen LogP contribution in [0.2, 0.25) is 0 Å². The molecule has 18 heavy (non-hydrogen) atoms. The molecule has 2 rings (SSSR count). The third kappa shape index (κ3) is 2.56. The number of hydrogen-bond donors (Lipinski definition) is 0. The molecule has 94 valence electrons. The van der Waals surface area contributed by atoms with Gasteiger partial charge in [0.2, 0.25) is 0 Å². The highest BCUT2D eigenvalue weighted by Gasteiger charge is 2.09. The Bertz CT molecular complexity index is 511. The molecular weight excluding hydrogens is 226 g/mol. The lowest BCUT2D eigenvalue weighted by molar-refractivity contribution is 0.302. The van der Waals surface area contributed by atoms with E-state index in [0.717, 1.165) is 22.7 Å². The minimum Gasteiger partial charge on any atom is -0.496 e. The monoisotopic (exact) mass is 243 g/mol. The van der Waals surface area contributed by atoms with Crippen LogP contribution in [0.3, 0.4) is 0 Å². The number of rotatable bonds is 4. The largest absolute Gasteiger partial charge is 0.496 e. The summed E-state index contributed by atoms with van der Waals surface area (Å²) in [6.07, 6.45) is 0. The highest BCUT2D eigenvalue weighted by atomic mass is 16.7. The number of hydroxylamine groups is 1. The van der Waals surface area contributed by atoms with Crippen molar-refractivity contribution in [2.24, 2.45) is 0 Å². The molecule has 3 nitrogen and oxygen atoms in total. The van der Waals surface area contributed by atoms with E-state index in [2.05, 4.69) is 0 Å². The van der Waals surface area contributed by atoms with Gasteiger partial charge in [0.1, 0.15) is 5.75 Å². The molecule has 0 unspecified atom stereocenters. The van der Waals surface area contributed by atoms with E-state index in [1.807, 2.05) is 62.5 Å². The first-order valence-electron chi connectivity index (χ1n) is 5.82. The minimum absolute atomic E-state index is 0.808. The number of nitrogens with zero attached hydrogens (tertiary/aromatic N) is 1. The normalized spacial score (nSPS) is 9.94. The van der Waals surface area contributed by atoms with Gasteiger partial charge in [-0.15, -0.1) is 0 Å². The maximum absolute atomic E-state index is 5.76. The van der Waals surface area contributed by atoms with Gasteiger partial charge in [0, 0.05) is 12.6 Å². The zero-order valence-corrected chi connectivity index (χ0v) is 10.9. The summed E-state index contributed by atoms with van der Waals surface area (Å²) in [5, 5.41) is 1.74. The fraction of sp³-hybridized carbons (Fsp3) is 0.200. The standard InChI is InChI=1S/C15H17NO2/c1-12-14(10-7-11-15(12)17-3)16(2)18-13-8-5-4-6-9-13/h4-11H,1-3H3. The number of ether oxygens (including phenoxy) is 1. The van der Waals surface area contributed by atoms with Crippen LogP contribution in [0.25, 0.3) is 0 Å². The predicted octanol–water partition coefficient (Wildman–Crippen LogP) is 3.43. The van der Waals surface area contributed by atoms with E-state index in [4.69, 9.17) is 9.57 Å². The number of methoxy groups -OCH3 is 1. The maximum Gasteiger partial charge on any atom is 0.155 e. The molecule has 0 aromatic heterocycles. The van der Waals surface area contributed by atoms with Gasteiger partial charge >= 0.3 is 0 Å². The first-order chi connectivity index (χ1) is 8.72. The third-order valence-electron chi connectivity index (χ3n) is 2.80. The number of para-hydroxylation sites is 1. The van der Waals surface area contributed by atoms with Gasteiger partial charge in [0.25, 0.3) is 0 Å². The van der Waals surface area contributed by atoms with E-state index < -0.39 is 0 Å². The molecule has 0 N–H and O–H groups in total. The average Bonchev–Trinajstić information content (AvgIpc) is 2.40. The van der Waals surface area contributed by atoms with Crippen molar-refractivity contribution < 1.29 is 9.57 Å². The zero-order chi connectivity index (χ0) is 13.0. The summed E-state index contributed by atoms with van der Waals surface area (Å²) < 4.78 is 5.30. The summed E-state index contributed by atoms with van der Waals surface area (Å²) in [7, 11) is 3.55. The Labute approximate surface area is 108 Å². The highest BCUT2D eigenvalue weighted by Crippen LogP contribution is 2.28. The Balaban J connectivity index is 2.21. The molecular formula is C15H17NO2. The molecule has 2 aromatic carbocycles. The number of anilines is 1. The highest BCUT2D eigenvalue weighted by molar-refractivity contribution is 5.57. The maximum atomic E-state index is 5.76. The van der Waals surface area contributed by atoms with E-state index >= 15 is 0 Å². The van der Waals surface area contributed by atoms with Crippen molar-refractivity contribution in [2.45, 2.75) is 6.92 Å². The molecule has 0 atom stereocenters. The van der Waals surface area contributed by atoms with Crippen LogP contribution in [-0.4, -0.2) is 14.2 Å². The summed E-state index contributed by atoms with van der Waals surface area (Å²) >= 11 is 0. The van der Waals surface area contributed by atoms with Crippen LogP contribution < -0.4 is 14.6 Å². The first kappa shape index (κ1) is 12.3. The molecule has 0 aliphatic carbocycles. The fourth-order valence-corrected chi connectivity index (χ4v) is 1.85. The Kier molecular flexibility index (Phi) is 3.72. The van der Waals surface area contributed by atoms with Crippen LogP contribution in [0.5, 0.6) is 11.5 Å². The van der Waals surface area contributed by atoms with E-state index in [9.17, 15) is 0 Å². The van der Waals surface area contributed by atoms with Crippen LogP contribution in [-0.2, 0) is 0 Å². The molecule has 3 heteroatoms. The van der Waals surface area contributed by atoms with Crippen LogP contribution >= 0.6 is 0 Å². The fourth-order valence-electron chi connectivity index (χ4n) is 1.85. The van der Waals surface area contributed by atoms with Gasteiger partial charge in [-0.05, 0) is 31.2 Å². The molecule has 2 aromatic rings. The van der Waals surface area contributed by atoms with Gasteiger partial charge in [-0.2, -0.15) is 0 Å². The molecule has 0 heterocycles. The molecule has 0 aliphatic rings. The molecule has 0 bridgehead atoms. The lowest BCUT2D eigenvalue weighted by Gasteiger charge is -2.22. The van der Waals surface area contributed by atoms with Crippen LogP contribution in [0.4, 0.5) is 5.69 Å². The van der Waals surface area contributed by atoms with Gasteiger partial charge < -0.3 is 9.57 Å². The van der Waals surface area contributed by atoms with Crippen molar-refractivity contribution in [2.75, 3.05) is 19.2 Å². The Morgan fingerprint density at radius 1 is 0.944 bits per heavy atom. The van der Waals surface area contributed by atoms with Gasteiger partial charge in [0.15, 0.2) is 5.75 Å². The second kappa shape index (κ2) is 5.45. The first-order valence-corrected chi connectivity index (χ1v) is 5.82. The van der Waals surface area contributed by atoms with Gasteiger partial charge in [-0.1, -0.05) is 24.3 Å². The van der Waals surface area contributed by atoms with Crippen molar-refractivity contribution in [1.82, 2.24) is 0 Å².